The number of hydrogen-bond donors (Lipinski definition) is 8. The Morgan fingerprint density at radius 1 is 0.925 bits per heavy atom. The number of aliphatic carboxylic acids is 1. The first kappa shape index (κ1) is 32.2. The van der Waals surface area contributed by atoms with E-state index in [4.69, 9.17) is 17.2 Å². The molecule has 0 aliphatic heterocycles. The molecule has 4 amide bonds. The van der Waals surface area contributed by atoms with Crippen molar-refractivity contribution in [3.63, 3.8) is 0 Å². The Morgan fingerprint density at radius 3 is 2.17 bits per heavy atom. The lowest BCUT2D eigenvalue weighted by Crippen LogP contribution is -2.57. The zero-order valence-corrected chi connectivity index (χ0v) is 22.9. The smallest absolute Gasteiger partial charge is 0.326 e. The van der Waals surface area contributed by atoms with Crippen molar-refractivity contribution in [2.45, 2.75) is 76.5 Å². The highest BCUT2D eigenvalue weighted by atomic mass is 16.4. The first-order valence-corrected chi connectivity index (χ1v) is 13.4. The van der Waals surface area contributed by atoms with Crippen LogP contribution in [0.3, 0.4) is 0 Å². The van der Waals surface area contributed by atoms with Gasteiger partial charge in [-0.05, 0) is 56.2 Å². The van der Waals surface area contributed by atoms with Gasteiger partial charge in [-0.1, -0.05) is 32.0 Å². The maximum Gasteiger partial charge on any atom is 0.326 e. The number of aromatic amines is 1. The van der Waals surface area contributed by atoms with Crippen LogP contribution < -0.4 is 33.2 Å². The Balaban J connectivity index is 2.14. The zero-order chi connectivity index (χ0) is 29.8. The number of primary amides is 1. The summed E-state index contributed by atoms with van der Waals surface area (Å²) >= 11 is 0. The van der Waals surface area contributed by atoms with Crippen LogP contribution in [0, 0.1) is 5.92 Å². The van der Waals surface area contributed by atoms with Crippen molar-refractivity contribution in [1.82, 2.24) is 20.9 Å². The molecule has 0 aliphatic rings. The molecule has 40 heavy (non-hydrogen) atoms. The Labute approximate surface area is 233 Å². The van der Waals surface area contributed by atoms with Gasteiger partial charge in [0.2, 0.25) is 23.6 Å². The van der Waals surface area contributed by atoms with Gasteiger partial charge in [-0.15, -0.1) is 0 Å². The standard InChI is InChI=1S/C27H41N7O6/c1-15(2)11-21(26(38)34-22(27(39)40)13-23(30)35)33-25(37)20(9-5-6-10-28)32-24(36)18(29)12-16-14-31-19-8-4-3-7-17(16)19/h3-4,7-8,14-15,18,20-22,31H,5-6,9-13,28-29H2,1-2H3,(H2,30,35)(H,32,36)(H,33,37)(H,34,38)(H,39,40). The molecule has 0 saturated heterocycles. The molecule has 2 aromatic rings. The third kappa shape index (κ3) is 9.97. The number of unbranched alkanes of at least 4 members (excludes halogenated alkanes) is 1. The number of nitrogens with two attached hydrogens (primary N) is 3. The first-order valence-electron chi connectivity index (χ1n) is 13.4. The Bertz CT molecular complexity index is 1180. The summed E-state index contributed by atoms with van der Waals surface area (Å²) in [6.45, 7) is 4.06. The van der Waals surface area contributed by atoms with Crippen molar-refractivity contribution in [3.05, 3.63) is 36.0 Å². The summed E-state index contributed by atoms with van der Waals surface area (Å²) in [5.41, 5.74) is 18.7. The molecular formula is C27H41N7O6. The van der Waals surface area contributed by atoms with Crippen molar-refractivity contribution in [2.75, 3.05) is 6.54 Å². The fraction of sp³-hybridized carbons (Fsp3) is 0.519. The molecule has 0 saturated carbocycles. The number of carbonyl (C=O) groups excluding carboxylic acids is 4. The monoisotopic (exact) mass is 559 g/mol. The average molecular weight is 560 g/mol. The molecule has 1 aromatic carbocycles. The molecule has 1 heterocycles. The lowest BCUT2D eigenvalue weighted by Gasteiger charge is -2.26. The minimum absolute atomic E-state index is 0.0506. The zero-order valence-electron chi connectivity index (χ0n) is 22.9. The summed E-state index contributed by atoms with van der Waals surface area (Å²) < 4.78 is 0. The number of para-hydroxylation sites is 1. The normalized spacial score (nSPS) is 14.2. The molecule has 0 bridgehead atoms. The molecule has 13 heteroatoms. The van der Waals surface area contributed by atoms with Crippen molar-refractivity contribution in [2.24, 2.45) is 23.1 Å². The quantitative estimate of drug-likeness (QED) is 0.119. The summed E-state index contributed by atoms with van der Waals surface area (Å²) in [6.07, 6.45) is 3.02. The van der Waals surface area contributed by atoms with E-state index < -0.39 is 60.2 Å². The van der Waals surface area contributed by atoms with Crippen molar-refractivity contribution >= 4 is 40.5 Å². The number of fused-ring (bicyclic) bond motifs is 1. The molecule has 4 atom stereocenters. The van der Waals surface area contributed by atoms with Crippen LogP contribution >= 0.6 is 0 Å². The highest BCUT2D eigenvalue weighted by molar-refractivity contribution is 5.95. The van der Waals surface area contributed by atoms with E-state index in [2.05, 4.69) is 20.9 Å². The largest absolute Gasteiger partial charge is 0.480 e. The highest BCUT2D eigenvalue weighted by Crippen LogP contribution is 2.19. The molecule has 4 unspecified atom stereocenters. The molecule has 0 fully saturated rings. The Hall–Kier alpha value is -3.97. The molecule has 0 aliphatic carbocycles. The number of carboxylic acid groups (broad SMARTS) is 1. The van der Waals surface area contributed by atoms with Crippen LogP contribution in [-0.4, -0.2) is 70.4 Å². The molecule has 0 spiro atoms. The van der Waals surface area contributed by atoms with Crippen LogP contribution in [0.25, 0.3) is 10.9 Å². The number of carbonyl (C=O) groups is 5. The van der Waals surface area contributed by atoms with Crippen LogP contribution in [0.2, 0.25) is 0 Å². The third-order valence-electron chi connectivity index (χ3n) is 6.39. The summed E-state index contributed by atoms with van der Waals surface area (Å²) in [6, 6.07) is 3.02. The maximum atomic E-state index is 13.3. The van der Waals surface area contributed by atoms with E-state index in [1.165, 1.54) is 0 Å². The second kappa shape index (κ2) is 15.6. The van der Waals surface area contributed by atoms with E-state index in [1.807, 2.05) is 38.1 Å². The van der Waals surface area contributed by atoms with Crippen molar-refractivity contribution in [3.8, 4) is 0 Å². The first-order chi connectivity index (χ1) is 18.9. The van der Waals surface area contributed by atoms with E-state index in [0.29, 0.717) is 19.4 Å². The summed E-state index contributed by atoms with van der Waals surface area (Å²) in [5.74, 6) is -4.31. The van der Waals surface area contributed by atoms with Gasteiger partial charge in [0.05, 0.1) is 12.5 Å². The third-order valence-corrected chi connectivity index (χ3v) is 6.39. The van der Waals surface area contributed by atoms with Crippen LogP contribution in [0.15, 0.2) is 30.5 Å². The fourth-order valence-electron chi connectivity index (χ4n) is 4.32. The number of aromatic nitrogens is 1. The van der Waals surface area contributed by atoms with Gasteiger partial charge >= 0.3 is 5.97 Å². The Morgan fingerprint density at radius 2 is 1.55 bits per heavy atom. The number of rotatable bonds is 17. The highest BCUT2D eigenvalue weighted by Gasteiger charge is 2.31. The molecule has 13 nitrogen and oxygen atoms in total. The number of carboxylic acids is 1. The summed E-state index contributed by atoms with van der Waals surface area (Å²) in [4.78, 5) is 65.1. The van der Waals surface area contributed by atoms with Gasteiger partial charge in [-0.25, -0.2) is 4.79 Å². The molecule has 2 rings (SSSR count). The average Bonchev–Trinajstić information content (AvgIpc) is 3.29. The van der Waals surface area contributed by atoms with Crippen LogP contribution in [-0.2, 0) is 30.4 Å². The Kier molecular flexibility index (Phi) is 12.6. The predicted molar refractivity (Wildman–Crippen MR) is 150 cm³/mol. The predicted octanol–water partition coefficient (Wildman–Crippen LogP) is -0.373. The van der Waals surface area contributed by atoms with Gasteiger partial charge in [-0.2, -0.15) is 0 Å². The number of amides is 4. The van der Waals surface area contributed by atoms with Crippen molar-refractivity contribution in [1.29, 1.82) is 0 Å². The molecule has 0 radical (unpaired) electrons. The van der Waals surface area contributed by atoms with Gasteiger partial charge in [0.1, 0.15) is 18.1 Å². The van der Waals surface area contributed by atoms with Gasteiger partial charge in [0, 0.05) is 17.1 Å². The van der Waals surface area contributed by atoms with E-state index in [0.717, 1.165) is 16.5 Å². The van der Waals surface area contributed by atoms with E-state index in [1.54, 1.807) is 6.20 Å². The fourth-order valence-corrected chi connectivity index (χ4v) is 4.32. The van der Waals surface area contributed by atoms with Crippen LogP contribution in [0.4, 0.5) is 0 Å². The van der Waals surface area contributed by atoms with Gasteiger partial charge in [0.15, 0.2) is 0 Å². The van der Waals surface area contributed by atoms with Gasteiger partial charge < -0.3 is 43.2 Å². The SMILES string of the molecule is CC(C)CC(NC(=O)C(CCCCN)NC(=O)C(N)Cc1c[nH]c2ccccc12)C(=O)NC(CC(N)=O)C(=O)O. The van der Waals surface area contributed by atoms with E-state index in [9.17, 15) is 29.1 Å². The second-order valence-electron chi connectivity index (χ2n) is 10.3. The van der Waals surface area contributed by atoms with Gasteiger partial charge in [-0.3, -0.25) is 19.2 Å². The van der Waals surface area contributed by atoms with E-state index in [-0.39, 0.29) is 25.2 Å². The summed E-state index contributed by atoms with van der Waals surface area (Å²) in [7, 11) is 0. The van der Waals surface area contributed by atoms with Gasteiger partial charge in [0.25, 0.3) is 0 Å². The number of H-pyrrole nitrogens is 1. The molecule has 220 valence electrons. The van der Waals surface area contributed by atoms with Crippen molar-refractivity contribution < 1.29 is 29.1 Å². The minimum Gasteiger partial charge on any atom is -0.480 e. The molecule has 1 aromatic heterocycles. The summed E-state index contributed by atoms with van der Waals surface area (Å²) in [5, 5.41) is 17.9. The lowest BCUT2D eigenvalue weighted by atomic mass is 10.0. The maximum absolute atomic E-state index is 13.3. The topological polar surface area (TPSA) is 236 Å². The number of benzene rings is 1. The number of nitrogens with one attached hydrogen (secondary N) is 4. The molecular weight excluding hydrogens is 518 g/mol. The second-order valence-corrected chi connectivity index (χ2v) is 10.3. The lowest BCUT2D eigenvalue weighted by molar-refractivity contribution is -0.144. The molecule has 11 N–H and O–H groups in total. The van der Waals surface area contributed by atoms with E-state index >= 15 is 0 Å². The number of hydrogen-bond acceptors (Lipinski definition) is 7. The minimum atomic E-state index is -1.54. The van der Waals surface area contributed by atoms with Crippen LogP contribution in [0.1, 0.15) is 51.5 Å². The van der Waals surface area contributed by atoms with Crippen LogP contribution in [0.5, 0.6) is 0 Å².